The molecule has 1 aromatic rings. The maximum absolute atomic E-state index is 12.4. The monoisotopic (exact) mass is 259 g/mol. The molecule has 3 aliphatic heterocycles. The molecule has 3 fully saturated rings. The molecule has 0 spiro atoms. The number of hydrogen-bond acceptors (Lipinski definition) is 4. The van der Waals surface area contributed by atoms with Crippen molar-refractivity contribution in [3.63, 3.8) is 0 Å². The summed E-state index contributed by atoms with van der Waals surface area (Å²) >= 11 is 0. The highest BCUT2D eigenvalue weighted by atomic mass is 16.5. The zero-order valence-electron chi connectivity index (χ0n) is 10.2. The Morgan fingerprint density at radius 2 is 1.74 bits per heavy atom. The topological polar surface area (TPSA) is 66.8 Å². The van der Waals surface area contributed by atoms with Crippen LogP contribution >= 0.6 is 0 Å². The van der Waals surface area contributed by atoms with E-state index in [1.54, 1.807) is 12.1 Å². The highest BCUT2D eigenvalue weighted by Gasteiger charge is 2.62. The van der Waals surface area contributed by atoms with E-state index in [1.807, 2.05) is 0 Å². The SMILES string of the molecule is O=C1[C@@H]2[C@@H](C(=O)N1c1cccc(O)c1)[C@H]1CC[C@H]2O1. The van der Waals surface area contributed by atoms with E-state index in [1.165, 1.54) is 17.0 Å². The van der Waals surface area contributed by atoms with Gasteiger partial charge in [-0.25, -0.2) is 4.90 Å². The second-order valence-corrected chi connectivity index (χ2v) is 5.37. The number of carbonyl (C=O) groups excluding carboxylic acids is 2. The molecule has 5 heteroatoms. The molecule has 0 unspecified atom stereocenters. The van der Waals surface area contributed by atoms with Gasteiger partial charge in [-0.3, -0.25) is 9.59 Å². The fourth-order valence-electron chi connectivity index (χ4n) is 3.60. The van der Waals surface area contributed by atoms with E-state index in [2.05, 4.69) is 0 Å². The van der Waals surface area contributed by atoms with Gasteiger partial charge in [0.2, 0.25) is 11.8 Å². The fourth-order valence-corrected chi connectivity index (χ4v) is 3.60. The minimum absolute atomic E-state index is 0.0504. The van der Waals surface area contributed by atoms with Gasteiger partial charge in [0.25, 0.3) is 0 Å². The molecule has 0 aromatic heterocycles. The lowest BCUT2D eigenvalue weighted by atomic mass is 9.81. The van der Waals surface area contributed by atoms with E-state index in [0.29, 0.717) is 5.69 Å². The number of carbonyl (C=O) groups is 2. The van der Waals surface area contributed by atoms with Crippen LogP contribution in [0, 0.1) is 11.8 Å². The Morgan fingerprint density at radius 1 is 1.11 bits per heavy atom. The van der Waals surface area contributed by atoms with Gasteiger partial charge in [0.05, 0.1) is 29.7 Å². The summed E-state index contributed by atoms with van der Waals surface area (Å²) in [6.07, 6.45) is 1.51. The van der Waals surface area contributed by atoms with Crippen molar-refractivity contribution in [3.8, 4) is 5.75 Å². The van der Waals surface area contributed by atoms with E-state index in [-0.39, 0.29) is 41.6 Å². The zero-order valence-corrected chi connectivity index (χ0v) is 10.2. The smallest absolute Gasteiger partial charge is 0.240 e. The summed E-state index contributed by atoms with van der Waals surface area (Å²) in [5.41, 5.74) is 0.448. The van der Waals surface area contributed by atoms with Crippen molar-refractivity contribution in [3.05, 3.63) is 24.3 Å². The number of phenolic OH excluding ortho intramolecular Hbond substituents is 1. The van der Waals surface area contributed by atoms with Crippen LogP contribution in [-0.4, -0.2) is 29.1 Å². The van der Waals surface area contributed by atoms with Crippen molar-refractivity contribution in [2.24, 2.45) is 11.8 Å². The molecule has 2 bridgehead atoms. The predicted octanol–water partition coefficient (Wildman–Crippen LogP) is 1.06. The average molecular weight is 259 g/mol. The standard InChI is InChI=1S/C14H13NO4/c16-8-3-1-2-7(6-8)15-13(17)11-9-4-5-10(19-9)12(11)14(15)18/h1-3,6,9-12,16H,4-5H2/t9-,10-,11+,12+/m1/s1. The number of amides is 2. The summed E-state index contributed by atoms with van der Waals surface area (Å²) in [5.74, 6) is -0.975. The van der Waals surface area contributed by atoms with Crippen molar-refractivity contribution < 1.29 is 19.4 Å². The Morgan fingerprint density at radius 3 is 2.32 bits per heavy atom. The normalized spacial score (nSPS) is 36.1. The first-order chi connectivity index (χ1) is 9.16. The van der Waals surface area contributed by atoms with E-state index in [0.717, 1.165) is 12.8 Å². The van der Waals surface area contributed by atoms with Crippen molar-refractivity contribution in [1.82, 2.24) is 0 Å². The lowest BCUT2D eigenvalue weighted by Crippen LogP contribution is -2.34. The van der Waals surface area contributed by atoms with Crippen molar-refractivity contribution in [2.75, 3.05) is 4.90 Å². The lowest BCUT2D eigenvalue weighted by Gasteiger charge is -2.17. The maximum atomic E-state index is 12.4. The number of imide groups is 1. The first-order valence-electron chi connectivity index (χ1n) is 6.49. The Balaban J connectivity index is 1.75. The van der Waals surface area contributed by atoms with Gasteiger partial charge < -0.3 is 9.84 Å². The highest BCUT2D eigenvalue weighted by Crippen LogP contribution is 2.49. The number of nitrogens with zero attached hydrogens (tertiary/aromatic N) is 1. The minimum Gasteiger partial charge on any atom is -0.508 e. The third-order valence-electron chi connectivity index (χ3n) is 4.37. The molecule has 3 saturated heterocycles. The van der Waals surface area contributed by atoms with Gasteiger partial charge in [-0.1, -0.05) is 6.07 Å². The molecular formula is C14H13NO4. The molecular weight excluding hydrogens is 246 g/mol. The van der Waals surface area contributed by atoms with Gasteiger partial charge in [0, 0.05) is 6.07 Å². The maximum Gasteiger partial charge on any atom is 0.240 e. The van der Waals surface area contributed by atoms with Crippen LogP contribution in [0.3, 0.4) is 0 Å². The summed E-state index contributed by atoms with van der Waals surface area (Å²) in [6.45, 7) is 0. The Labute approximate surface area is 109 Å². The molecule has 3 heterocycles. The fraction of sp³-hybridized carbons (Fsp3) is 0.429. The van der Waals surface area contributed by atoms with Crippen LogP contribution in [0.5, 0.6) is 5.75 Å². The molecule has 4 rings (SSSR count). The van der Waals surface area contributed by atoms with Crippen molar-refractivity contribution in [2.45, 2.75) is 25.0 Å². The van der Waals surface area contributed by atoms with Gasteiger partial charge in [0.15, 0.2) is 0 Å². The van der Waals surface area contributed by atoms with E-state index >= 15 is 0 Å². The number of phenols is 1. The molecule has 4 atom stereocenters. The van der Waals surface area contributed by atoms with Gasteiger partial charge in [-0.15, -0.1) is 0 Å². The molecule has 1 aromatic carbocycles. The van der Waals surface area contributed by atoms with E-state index in [9.17, 15) is 14.7 Å². The molecule has 0 saturated carbocycles. The van der Waals surface area contributed by atoms with Gasteiger partial charge in [-0.2, -0.15) is 0 Å². The minimum atomic E-state index is -0.325. The summed E-state index contributed by atoms with van der Waals surface area (Å²) in [5, 5.41) is 9.49. The average Bonchev–Trinajstić information content (AvgIpc) is 3.04. The second kappa shape index (κ2) is 3.57. The summed E-state index contributed by atoms with van der Waals surface area (Å²) in [7, 11) is 0. The quantitative estimate of drug-likeness (QED) is 0.766. The van der Waals surface area contributed by atoms with Gasteiger partial charge in [-0.05, 0) is 25.0 Å². The third-order valence-corrected chi connectivity index (χ3v) is 4.37. The molecule has 5 nitrogen and oxygen atoms in total. The van der Waals surface area contributed by atoms with Gasteiger partial charge >= 0.3 is 0 Å². The molecule has 19 heavy (non-hydrogen) atoms. The first-order valence-corrected chi connectivity index (χ1v) is 6.49. The largest absolute Gasteiger partial charge is 0.508 e. The molecule has 2 amide bonds. The lowest BCUT2D eigenvalue weighted by molar-refractivity contribution is -0.124. The van der Waals surface area contributed by atoms with Crippen LogP contribution in [0.25, 0.3) is 0 Å². The Kier molecular flexibility index (Phi) is 2.07. The molecule has 98 valence electrons. The zero-order chi connectivity index (χ0) is 13.1. The predicted molar refractivity (Wildman–Crippen MR) is 65.5 cm³/mol. The van der Waals surface area contributed by atoms with Gasteiger partial charge in [0.1, 0.15) is 5.75 Å². The van der Waals surface area contributed by atoms with Crippen molar-refractivity contribution >= 4 is 17.5 Å². The number of benzene rings is 1. The number of rotatable bonds is 1. The van der Waals surface area contributed by atoms with Crippen molar-refractivity contribution in [1.29, 1.82) is 0 Å². The molecule has 1 N–H and O–H groups in total. The Hall–Kier alpha value is -1.88. The number of anilines is 1. The summed E-state index contributed by atoms with van der Waals surface area (Å²) < 4.78 is 5.67. The van der Waals surface area contributed by atoms with E-state index < -0.39 is 0 Å². The first kappa shape index (κ1) is 11.0. The van der Waals surface area contributed by atoms with E-state index in [4.69, 9.17) is 4.74 Å². The van der Waals surface area contributed by atoms with Crippen LogP contribution in [-0.2, 0) is 14.3 Å². The van der Waals surface area contributed by atoms with Crippen LogP contribution < -0.4 is 4.90 Å². The molecule has 3 aliphatic rings. The summed E-state index contributed by atoms with van der Waals surface area (Å²) in [6, 6.07) is 6.26. The van der Waals surface area contributed by atoms with Crippen LogP contribution in [0.2, 0.25) is 0 Å². The Bertz CT molecular complexity index is 557. The third kappa shape index (κ3) is 1.33. The number of fused-ring (bicyclic) bond motifs is 5. The second-order valence-electron chi connectivity index (χ2n) is 5.37. The molecule has 0 aliphatic carbocycles. The number of aromatic hydroxyl groups is 1. The van der Waals surface area contributed by atoms with Crippen LogP contribution in [0.1, 0.15) is 12.8 Å². The number of ether oxygens (including phenoxy) is 1. The molecule has 0 radical (unpaired) electrons. The summed E-state index contributed by atoms with van der Waals surface area (Å²) in [4.78, 5) is 26.1. The van der Waals surface area contributed by atoms with Crippen LogP contribution in [0.15, 0.2) is 24.3 Å². The highest BCUT2D eigenvalue weighted by molar-refractivity contribution is 6.22. The van der Waals surface area contributed by atoms with Crippen LogP contribution in [0.4, 0.5) is 5.69 Å². The number of hydrogen-bond donors (Lipinski definition) is 1.